The third-order valence-corrected chi connectivity index (χ3v) is 8.20. The van der Waals surface area contributed by atoms with Crippen molar-refractivity contribution >= 4 is 75.0 Å². The highest BCUT2D eigenvalue weighted by molar-refractivity contribution is 7.26. The predicted octanol–water partition coefficient (Wildman–Crippen LogP) is 8.85. The van der Waals surface area contributed by atoms with E-state index in [9.17, 15) is 0 Å². The van der Waals surface area contributed by atoms with Crippen molar-refractivity contribution in [2.45, 2.75) is 0 Å². The first-order chi connectivity index (χ1) is 16.9. The zero-order valence-corrected chi connectivity index (χ0v) is 19.0. The van der Waals surface area contributed by atoms with Crippen molar-refractivity contribution in [2.24, 2.45) is 0 Å². The average molecular weight is 451 g/mol. The molecule has 0 aliphatic carbocycles. The van der Waals surface area contributed by atoms with E-state index in [-0.39, 0.29) is 0 Å². The lowest BCUT2D eigenvalue weighted by Crippen LogP contribution is -1.94. The summed E-state index contributed by atoms with van der Waals surface area (Å²) < 4.78 is 5.12. The summed E-state index contributed by atoms with van der Waals surface area (Å²) in [6.45, 7) is 0. The summed E-state index contributed by atoms with van der Waals surface area (Å²) >= 11 is 1.89. The van der Waals surface area contributed by atoms with Gasteiger partial charge in [0.25, 0.3) is 0 Å². The summed E-state index contributed by atoms with van der Waals surface area (Å²) in [5, 5.41) is 8.82. The van der Waals surface area contributed by atoms with Crippen molar-refractivity contribution in [1.29, 1.82) is 0 Å². The number of rotatable bonds is 1. The van der Waals surface area contributed by atoms with E-state index < -0.39 is 0 Å². The molecular formula is C31H18N2S. The van der Waals surface area contributed by atoms with Crippen LogP contribution in [0.3, 0.4) is 0 Å². The van der Waals surface area contributed by atoms with Gasteiger partial charge >= 0.3 is 0 Å². The van der Waals surface area contributed by atoms with Gasteiger partial charge in [-0.15, -0.1) is 11.3 Å². The highest BCUT2D eigenvalue weighted by Gasteiger charge is 2.17. The zero-order chi connectivity index (χ0) is 22.2. The van der Waals surface area contributed by atoms with Crippen LogP contribution in [0.15, 0.2) is 109 Å². The molecule has 0 fully saturated rings. The molecule has 158 valence electrons. The Balaban J connectivity index is 1.54. The van der Waals surface area contributed by atoms with E-state index in [1.54, 1.807) is 0 Å². The van der Waals surface area contributed by atoms with E-state index in [2.05, 4.69) is 107 Å². The van der Waals surface area contributed by atoms with Crippen LogP contribution >= 0.6 is 11.3 Å². The van der Waals surface area contributed by atoms with E-state index in [1.165, 1.54) is 63.8 Å². The molecule has 0 aliphatic heterocycles. The van der Waals surface area contributed by atoms with E-state index in [1.807, 2.05) is 23.6 Å². The van der Waals surface area contributed by atoms with Crippen LogP contribution in [0, 0.1) is 0 Å². The van der Waals surface area contributed by atoms with Crippen LogP contribution in [-0.4, -0.2) is 9.55 Å². The largest absolute Gasteiger partial charge is 0.308 e. The molecule has 2 nitrogen and oxygen atoms in total. The fourth-order valence-corrected chi connectivity index (χ4v) is 6.74. The van der Waals surface area contributed by atoms with E-state index in [0.29, 0.717) is 0 Å². The summed E-state index contributed by atoms with van der Waals surface area (Å²) in [5.41, 5.74) is 4.76. The smallest absolute Gasteiger partial charge is 0.0780 e. The average Bonchev–Trinajstić information content (AvgIpc) is 3.44. The summed E-state index contributed by atoms with van der Waals surface area (Å²) in [7, 11) is 0. The molecule has 5 aromatic carbocycles. The Bertz CT molecular complexity index is 2080. The summed E-state index contributed by atoms with van der Waals surface area (Å²) in [6, 6.07) is 37.4. The highest BCUT2D eigenvalue weighted by Crippen LogP contribution is 2.43. The van der Waals surface area contributed by atoms with Crippen molar-refractivity contribution in [3.63, 3.8) is 0 Å². The maximum Gasteiger partial charge on any atom is 0.0780 e. The van der Waals surface area contributed by atoms with E-state index in [4.69, 9.17) is 0 Å². The number of fused-ring (bicyclic) bond motifs is 10. The molecule has 0 spiro atoms. The second kappa shape index (κ2) is 6.66. The first kappa shape index (κ1) is 18.2. The number of nitrogens with zero attached hydrogens (tertiary/aromatic N) is 2. The topological polar surface area (TPSA) is 17.8 Å². The summed E-state index contributed by atoms with van der Waals surface area (Å²) in [5.74, 6) is 0. The standard InChI is InChI=1S/C31H18N2S/c1-3-9-27-23(7-1)25-15-16-26-24-8-2-4-10-28(24)34-31(26)30(25)33(27)21-13-14-22-20(18-21)12-11-19-6-5-17-32-29(19)22/h1-18H. The van der Waals surface area contributed by atoms with Gasteiger partial charge in [-0.1, -0.05) is 72.8 Å². The van der Waals surface area contributed by atoms with Gasteiger partial charge in [-0.05, 0) is 35.7 Å². The van der Waals surface area contributed by atoms with Gasteiger partial charge in [0.2, 0.25) is 0 Å². The fraction of sp³-hybridized carbons (Fsp3) is 0. The van der Waals surface area contributed by atoms with Gasteiger partial charge < -0.3 is 4.57 Å². The lowest BCUT2D eigenvalue weighted by Gasteiger charge is -2.11. The zero-order valence-electron chi connectivity index (χ0n) is 18.2. The van der Waals surface area contributed by atoms with Gasteiger partial charge in [0.05, 0.1) is 21.3 Å². The minimum Gasteiger partial charge on any atom is -0.308 e. The quantitative estimate of drug-likeness (QED) is 0.228. The Kier molecular flexibility index (Phi) is 3.57. The molecule has 0 saturated carbocycles. The molecule has 34 heavy (non-hydrogen) atoms. The first-order valence-corrected chi connectivity index (χ1v) is 12.3. The van der Waals surface area contributed by atoms with Gasteiger partial charge in [0.15, 0.2) is 0 Å². The first-order valence-electron chi connectivity index (χ1n) is 11.5. The third-order valence-electron chi connectivity index (χ3n) is 7.01. The minimum absolute atomic E-state index is 1.06. The molecule has 0 N–H and O–H groups in total. The lowest BCUT2D eigenvalue weighted by atomic mass is 10.1. The number of thiophene rings is 1. The number of hydrogen-bond donors (Lipinski definition) is 0. The predicted molar refractivity (Wildman–Crippen MR) is 146 cm³/mol. The molecule has 0 radical (unpaired) electrons. The third kappa shape index (κ3) is 2.37. The van der Waals surface area contributed by atoms with Crippen molar-refractivity contribution in [3.8, 4) is 5.69 Å². The molecule has 0 aliphatic rings. The van der Waals surface area contributed by atoms with Crippen molar-refractivity contribution in [2.75, 3.05) is 0 Å². The lowest BCUT2D eigenvalue weighted by molar-refractivity contribution is 1.19. The molecule has 8 rings (SSSR count). The molecule has 8 aromatic rings. The minimum atomic E-state index is 1.06. The summed E-state index contributed by atoms with van der Waals surface area (Å²) in [4.78, 5) is 4.66. The van der Waals surface area contributed by atoms with Crippen LogP contribution in [0.25, 0.3) is 69.3 Å². The number of benzene rings is 5. The molecule has 3 heterocycles. The molecule has 0 saturated heterocycles. The van der Waals surface area contributed by atoms with Gasteiger partial charge in [-0.2, -0.15) is 0 Å². The fourth-order valence-electron chi connectivity index (χ4n) is 5.50. The van der Waals surface area contributed by atoms with Crippen molar-refractivity contribution in [3.05, 3.63) is 109 Å². The van der Waals surface area contributed by atoms with Crippen LogP contribution < -0.4 is 0 Å². The van der Waals surface area contributed by atoms with Crippen LogP contribution in [0.5, 0.6) is 0 Å². The molecule has 0 atom stereocenters. The summed E-state index contributed by atoms with van der Waals surface area (Å²) in [6.07, 6.45) is 1.88. The van der Waals surface area contributed by atoms with Crippen LogP contribution in [-0.2, 0) is 0 Å². The Morgan fingerprint density at radius 2 is 1.38 bits per heavy atom. The number of pyridine rings is 1. The van der Waals surface area contributed by atoms with E-state index >= 15 is 0 Å². The van der Waals surface area contributed by atoms with Gasteiger partial charge in [0.1, 0.15) is 0 Å². The van der Waals surface area contributed by atoms with Gasteiger partial charge in [0, 0.05) is 48.9 Å². The molecule has 3 heteroatoms. The maximum atomic E-state index is 4.66. The normalized spacial score (nSPS) is 12.1. The van der Waals surface area contributed by atoms with Crippen LogP contribution in [0.2, 0.25) is 0 Å². The molecule has 0 bridgehead atoms. The SMILES string of the molecule is c1cnc2c(c1)ccc1cc(-n3c4ccccc4c4ccc5c6ccccc6sc5c43)ccc12. The van der Waals surface area contributed by atoms with Crippen LogP contribution in [0.4, 0.5) is 0 Å². The highest BCUT2D eigenvalue weighted by atomic mass is 32.1. The monoisotopic (exact) mass is 450 g/mol. The second-order valence-electron chi connectivity index (χ2n) is 8.84. The van der Waals surface area contributed by atoms with Gasteiger partial charge in [-0.25, -0.2) is 0 Å². The van der Waals surface area contributed by atoms with E-state index in [0.717, 1.165) is 5.52 Å². The Hall–Kier alpha value is -4.21. The second-order valence-corrected chi connectivity index (χ2v) is 9.89. The number of hydrogen-bond acceptors (Lipinski definition) is 2. The number of para-hydroxylation sites is 1. The van der Waals surface area contributed by atoms with Gasteiger partial charge in [-0.3, -0.25) is 4.98 Å². The van der Waals surface area contributed by atoms with Crippen LogP contribution in [0.1, 0.15) is 0 Å². The Morgan fingerprint density at radius 1 is 0.588 bits per heavy atom. The molecule has 0 amide bonds. The molecule has 3 aromatic heterocycles. The van der Waals surface area contributed by atoms with Crippen molar-refractivity contribution in [1.82, 2.24) is 9.55 Å². The Morgan fingerprint density at radius 3 is 2.35 bits per heavy atom. The molecular weight excluding hydrogens is 432 g/mol. The maximum absolute atomic E-state index is 4.66. The number of aromatic nitrogens is 2. The Labute approximate surface area is 199 Å². The van der Waals surface area contributed by atoms with Crippen molar-refractivity contribution < 1.29 is 0 Å². The molecule has 0 unspecified atom stereocenters.